The first-order chi connectivity index (χ1) is 11.7. The Morgan fingerprint density at radius 3 is 3.17 bits per heavy atom. The highest BCUT2D eigenvalue weighted by Crippen LogP contribution is 2.16. The SMILES string of the molecule is Cc1cn2nc(NC3CCN(C(=O)Cc4ccoc4)C3)ccc2n1. The third kappa shape index (κ3) is 2.97. The number of anilines is 1. The summed E-state index contributed by atoms with van der Waals surface area (Å²) in [5.74, 6) is 0.934. The average Bonchev–Trinajstić information content (AvgIpc) is 3.27. The summed E-state index contributed by atoms with van der Waals surface area (Å²) in [5.41, 5.74) is 2.69. The average molecular weight is 325 g/mol. The Balaban J connectivity index is 1.38. The molecule has 1 fully saturated rings. The maximum Gasteiger partial charge on any atom is 0.227 e. The van der Waals surface area contributed by atoms with Crippen LogP contribution in [0.1, 0.15) is 17.7 Å². The van der Waals surface area contributed by atoms with E-state index in [0.29, 0.717) is 13.0 Å². The summed E-state index contributed by atoms with van der Waals surface area (Å²) >= 11 is 0. The zero-order valence-electron chi connectivity index (χ0n) is 13.5. The van der Waals surface area contributed by atoms with Gasteiger partial charge in [0.25, 0.3) is 0 Å². The van der Waals surface area contributed by atoms with Gasteiger partial charge in [-0.15, -0.1) is 5.10 Å². The molecule has 1 amide bonds. The maximum absolute atomic E-state index is 12.3. The Morgan fingerprint density at radius 1 is 1.42 bits per heavy atom. The molecule has 1 unspecified atom stereocenters. The second kappa shape index (κ2) is 5.99. The molecule has 7 heteroatoms. The fraction of sp³-hybridized carbons (Fsp3) is 0.353. The molecule has 3 aromatic rings. The van der Waals surface area contributed by atoms with E-state index in [9.17, 15) is 4.79 Å². The highest BCUT2D eigenvalue weighted by atomic mass is 16.3. The second-order valence-electron chi connectivity index (χ2n) is 6.18. The molecule has 1 saturated heterocycles. The number of nitrogens with zero attached hydrogens (tertiary/aromatic N) is 4. The van der Waals surface area contributed by atoms with Gasteiger partial charge in [0, 0.05) is 19.1 Å². The number of aromatic nitrogens is 3. The topological polar surface area (TPSA) is 75.7 Å². The molecule has 3 aromatic heterocycles. The largest absolute Gasteiger partial charge is 0.472 e. The summed E-state index contributed by atoms with van der Waals surface area (Å²) in [5, 5.41) is 7.93. The van der Waals surface area contributed by atoms with Crippen LogP contribution in [0.4, 0.5) is 5.82 Å². The van der Waals surface area contributed by atoms with Crippen LogP contribution < -0.4 is 5.32 Å². The van der Waals surface area contributed by atoms with E-state index >= 15 is 0 Å². The smallest absolute Gasteiger partial charge is 0.227 e. The Bertz CT molecular complexity index is 855. The number of imidazole rings is 1. The summed E-state index contributed by atoms with van der Waals surface area (Å²) in [4.78, 5) is 18.6. The molecule has 1 N–H and O–H groups in total. The van der Waals surface area contributed by atoms with Crippen LogP contribution in [0.3, 0.4) is 0 Å². The van der Waals surface area contributed by atoms with E-state index in [4.69, 9.17) is 4.42 Å². The number of nitrogens with one attached hydrogen (secondary N) is 1. The highest BCUT2D eigenvalue weighted by Gasteiger charge is 2.26. The molecule has 4 heterocycles. The van der Waals surface area contributed by atoms with E-state index in [2.05, 4.69) is 15.4 Å². The van der Waals surface area contributed by atoms with Crippen molar-refractivity contribution in [2.75, 3.05) is 18.4 Å². The van der Waals surface area contributed by atoms with Crippen LogP contribution in [-0.4, -0.2) is 44.5 Å². The number of likely N-dealkylation sites (tertiary alicyclic amines) is 1. The van der Waals surface area contributed by atoms with Gasteiger partial charge < -0.3 is 14.6 Å². The van der Waals surface area contributed by atoms with E-state index in [-0.39, 0.29) is 11.9 Å². The zero-order chi connectivity index (χ0) is 16.5. The number of fused-ring (bicyclic) bond motifs is 1. The van der Waals surface area contributed by atoms with Crippen LogP contribution in [0.25, 0.3) is 5.65 Å². The van der Waals surface area contributed by atoms with Gasteiger partial charge in [0.15, 0.2) is 5.65 Å². The quantitative estimate of drug-likeness (QED) is 0.793. The summed E-state index contributed by atoms with van der Waals surface area (Å²) in [6, 6.07) is 5.92. The number of furan rings is 1. The Morgan fingerprint density at radius 2 is 2.33 bits per heavy atom. The molecular formula is C17H19N5O2. The number of hydrogen-bond donors (Lipinski definition) is 1. The second-order valence-corrected chi connectivity index (χ2v) is 6.18. The van der Waals surface area contributed by atoms with Crippen molar-refractivity contribution in [3.05, 3.63) is 48.2 Å². The van der Waals surface area contributed by atoms with Gasteiger partial charge in [-0.05, 0) is 37.1 Å². The lowest BCUT2D eigenvalue weighted by Gasteiger charge is -2.17. The van der Waals surface area contributed by atoms with Gasteiger partial charge in [0.05, 0.1) is 30.8 Å². The molecule has 7 nitrogen and oxygen atoms in total. The molecule has 0 aromatic carbocycles. The number of amides is 1. The minimum atomic E-state index is 0.134. The summed E-state index contributed by atoms with van der Waals surface area (Å²) < 4.78 is 6.79. The molecule has 4 rings (SSSR count). The fourth-order valence-electron chi connectivity index (χ4n) is 3.07. The molecule has 1 aliphatic rings. The van der Waals surface area contributed by atoms with Crippen LogP contribution in [0, 0.1) is 6.92 Å². The molecule has 1 atom stereocenters. The van der Waals surface area contributed by atoms with E-state index in [1.54, 1.807) is 17.0 Å². The van der Waals surface area contributed by atoms with Crippen molar-refractivity contribution in [2.45, 2.75) is 25.8 Å². The monoisotopic (exact) mass is 325 g/mol. The van der Waals surface area contributed by atoms with Gasteiger partial charge >= 0.3 is 0 Å². The summed E-state index contributed by atoms with van der Waals surface area (Å²) in [6.45, 7) is 3.41. The molecule has 24 heavy (non-hydrogen) atoms. The van der Waals surface area contributed by atoms with Crippen LogP contribution >= 0.6 is 0 Å². The zero-order valence-corrected chi connectivity index (χ0v) is 13.5. The molecule has 0 bridgehead atoms. The van der Waals surface area contributed by atoms with Gasteiger partial charge in [-0.3, -0.25) is 4.79 Å². The van der Waals surface area contributed by atoms with Crippen molar-refractivity contribution in [1.29, 1.82) is 0 Å². The molecule has 1 aliphatic heterocycles. The predicted molar refractivity (Wildman–Crippen MR) is 88.7 cm³/mol. The van der Waals surface area contributed by atoms with Crippen LogP contribution in [0.15, 0.2) is 41.3 Å². The number of carbonyl (C=O) groups excluding carboxylic acids is 1. The lowest BCUT2D eigenvalue weighted by Crippen LogP contribution is -2.32. The lowest BCUT2D eigenvalue weighted by molar-refractivity contribution is -0.129. The molecule has 124 valence electrons. The Labute approximate surface area is 139 Å². The summed E-state index contributed by atoms with van der Waals surface area (Å²) in [7, 11) is 0. The first-order valence-electron chi connectivity index (χ1n) is 8.06. The van der Waals surface area contributed by atoms with Crippen molar-refractivity contribution < 1.29 is 9.21 Å². The third-order valence-electron chi connectivity index (χ3n) is 4.27. The van der Waals surface area contributed by atoms with Crippen molar-refractivity contribution in [1.82, 2.24) is 19.5 Å². The molecule has 0 aliphatic carbocycles. The third-order valence-corrected chi connectivity index (χ3v) is 4.27. The number of hydrogen-bond acceptors (Lipinski definition) is 5. The van der Waals surface area contributed by atoms with Crippen LogP contribution in [0.5, 0.6) is 0 Å². The standard InChI is InChI=1S/C17H19N5O2/c1-12-9-22-16(18-12)3-2-15(20-22)19-14-4-6-21(10-14)17(23)8-13-5-7-24-11-13/h2-3,5,7,9,11,14H,4,6,8,10H2,1H3,(H,19,20). The van der Waals surface area contributed by atoms with E-state index in [1.807, 2.05) is 36.2 Å². The van der Waals surface area contributed by atoms with Crippen molar-refractivity contribution in [3.8, 4) is 0 Å². The normalized spacial score (nSPS) is 17.5. The first kappa shape index (κ1) is 14.7. The Kier molecular flexibility index (Phi) is 3.68. The fourth-order valence-corrected chi connectivity index (χ4v) is 3.07. The number of carbonyl (C=O) groups is 1. The van der Waals surface area contributed by atoms with Crippen molar-refractivity contribution >= 4 is 17.4 Å². The molecular weight excluding hydrogens is 306 g/mol. The molecule has 0 radical (unpaired) electrons. The minimum absolute atomic E-state index is 0.134. The van der Waals surface area contributed by atoms with Gasteiger partial charge in [0.1, 0.15) is 5.82 Å². The van der Waals surface area contributed by atoms with Gasteiger partial charge in [-0.2, -0.15) is 0 Å². The van der Waals surface area contributed by atoms with Crippen LogP contribution in [-0.2, 0) is 11.2 Å². The highest BCUT2D eigenvalue weighted by molar-refractivity contribution is 5.79. The predicted octanol–water partition coefficient (Wildman–Crippen LogP) is 1.89. The molecule has 0 saturated carbocycles. The van der Waals surface area contributed by atoms with E-state index in [1.165, 1.54) is 0 Å². The van der Waals surface area contributed by atoms with Crippen LogP contribution in [0.2, 0.25) is 0 Å². The van der Waals surface area contributed by atoms with Gasteiger partial charge in [-0.25, -0.2) is 9.50 Å². The van der Waals surface area contributed by atoms with E-state index < -0.39 is 0 Å². The number of aryl methyl sites for hydroxylation is 1. The van der Waals surface area contributed by atoms with E-state index in [0.717, 1.165) is 35.7 Å². The minimum Gasteiger partial charge on any atom is -0.472 e. The lowest BCUT2D eigenvalue weighted by atomic mass is 10.2. The van der Waals surface area contributed by atoms with Gasteiger partial charge in [-0.1, -0.05) is 0 Å². The molecule has 0 spiro atoms. The Hall–Kier alpha value is -2.83. The van der Waals surface area contributed by atoms with Gasteiger partial charge in [0.2, 0.25) is 5.91 Å². The maximum atomic E-state index is 12.3. The summed E-state index contributed by atoms with van der Waals surface area (Å²) in [6.07, 6.45) is 6.42. The first-order valence-corrected chi connectivity index (χ1v) is 8.06. The van der Waals surface area contributed by atoms with Crippen molar-refractivity contribution in [2.24, 2.45) is 0 Å². The number of rotatable bonds is 4. The van der Waals surface area contributed by atoms with Crippen molar-refractivity contribution in [3.63, 3.8) is 0 Å².